The highest BCUT2D eigenvalue weighted by molar-refractivity contribution is 6.29. The molecular weight excluding hydrogens is 525 g/mol. The van der Waals surface area contributed by atoms with Crippen molar-refractivity contribution in [2.24, 2.45) is 5.92 Å². The van der Waals surface area contributed by atoms with Crippen molar-refractivity contribution in [3.63, 3.8) is 0 Å². The van der Waals surface area contributed by atoms with Gasteiger partial charge in [-0.25, -0.2) is 9.97 Å². The van der Waals surface area contributed by atoms with Crippen molar-refractivity contribution in [3.05, 3.63) is 48.0 Å². The SMILES string of the molecule is CCOCCCNC(=O)C(CC(C)C)Nc1cc(Cl)nc(-n2cnc(-c3cccc(OC(F)(F)F)c3)c2)n1. The molecule has 3 rings (SSSR count). The van der Waals surface area contributed by atoms with Crippen LogP contribution in [0.4, 0.5) is 19.0 Å². The molecule has 0 aliphatic carbocycles. The second-order valence-electron chi connectivity index (χ2n) is 8.79. The number of carbonyl (C=O) groups is 1. The number of rotatable bonds is 13. The third-order valence-corrected chi connectivity index (χ3v) is 5.37. The standard InChI is InChI=1S/C25H30ClF3N6O3/c1-4-37-10-6-9-30-23(36)19(11-16(2)3)32-22-13-21(26)33-24(34-22)35-14-20(31-15-35)17-7-5-8-18(12-17)38-25(27,28)29/h5,7-8,12-16,19H,4,6,9-11H2,1-3H3,(H,30,36)(H,32,33,34). The summed E-state index contributed by atoms with van der Waals surface area (Å²) in [6.45, 7) is 7.61. The third-order valence-electron chi connectivity index (χ3n) is 5.17. The Hall–Kier alpha value is -3.38. The lowest BCUT2D eigenvalue weighted by molar-refractivity contribution is -0.274. The highest BCUT2D eigenvalue weighted by Gasteiger charge is 2.31. The van der Waals surface area contributed by atoms with Crippen molar-refractivity contribution in [1.82, 2.24) is 24.8 Å². The molecule has 1 unspecified atom stereocenters. The van der Waals surface area contributed by atoms with Gasteiger partial charge in [0.15, 0.2) is 0 Å². The summed E-state index contributed by atoms with van der Waals surface area (Å²) < 4.78 is 48.5. The first-order chi connectivity index (χ1) is 18.0. The highest BCUT2D eigenvalue weighted by Crippen LogP contribution is 2.27. The Morgan fingerprint density at radius 1 is 1.21 bits per heavy atom. The zero-order valence-electron chi connectivity index (χ0n) is 21.3. The van der Waals surface area contributed by atoms with Crippen LogP contribution < -0.4 is 15.4 Å². The molecule has 0 radical (unpaired) electrons. The molecular formula is C25H30ClF3N6O3. The van der Waals surface area contributed by atoms with E-state index < -0.39 is 12.4 Å². The monoisotopic (exact) mass is 554 g/mol. The molecule has 0 aliphatic rings. The van der Waals surface area contributed by atoms with Gasteiger partial charge in [0.25, 0.3) is 0 Å². The van der Waals surface area contributed by atoms with E-state index in [2.05, 4.69) is 30.3 Å². The van der Waals surface area contributed by atoms with Crippen LogP contribution in [-0.2, 0) is 9.53 Å². The predicted octanol–water partition coefficient (Wildman–Crippen LogP) is 5.25. The Morgan fingerprint density at radius 2 is 2.00 bits per heavy atom. The third kappa shape index (κ3) is 9.18. The number of hydrogen-bond acceptors (Lipinski definition) is 7. The van der Waals surface area contributed by atoms with Gasteiger partial charge in [0.05, 0.1) is 5.69 Å². The van der Waals surface area contributed by atoms with E-state index in [0.717, 1.165) is 0 Å². The molecule has 0 spiro atoms. The van der Waals surface area contributed by atoms with Crippen molar-refractivity contribution in [1.29, 1.82) is 0 Å². The van der Waals surface area contributed by atoms with Crippen LogP contribution in [0.2, 0.25) is 5.15 Å². The number of nitrogens with zero attached hydrogens (tertiary/aromatic N) is 4. The molecule has 0 saturated carbocycles. The number of ether oxygens (including phenoxy) is 2. The average Bonchev–Trinajstić information content (AvgIpc) is 3.32. The summed E-state index contributed by atoms with van der Waals surface area (Å²) in [5.41, 5.74) is 0.781. The Kier molecular flexibility index (Phi) is 10.3. The Balaban J connectivity index is 1.76. The Labute approximate surface area is 223 Å². The molecule has 206 valence electrons. The summed E-state index contributed by atoms with van der Waals surface area (Å²) in [5, 5.41) is 6.19. The summed E-state index contributed by atoms with van der Waals surface area (Å²) in [7, 11) is 0. The number of benzene rings is 1. The molecule has 1 atom stereocenters. The van der Waals surface area contributed by atoms with Gasteiger partial charge in [-0.2, -0.15) is 4.98 Å². The van der Waals surface area contributed by atoms with Gasteiger partial charge in [-0.15, -0.1) is 13.2 Å². The van der Waals surface area contributed by atoms with Gasteiger partial charge >= 0.3 is 6.36 Å². The number of aromatic nitrogens is 4. The maximum absolute atomic E-state index is 12.8. The molecule has 2 N–H and O–H groups in total. The molecule has 1 amide bonds. The molecule has 9 nitrogen and oxygen atoms in total. The first-order valence-corrected chi connectivity index (χ1v) is 12.5. The summed E-state index contributed by atoms with van der Waals surface area (Å²) >= 11 is 6.24. The van der Waals surface area contributed by atoms with Crippen LogP contribution in [0.1, 0.15) is 33.6 Å². The fraction of sp³-hybridized carbons (Fsp3) is 0.440. The normalized spacial score (nSPS) is 12.4. The molecule has 0 bridgehead atoms. The molecule has 2 heterocycles. The highest BCUT2D eigenvalue weighted by atomic mass is 35.5. The zero-order valence-corrected chi connectivity index (χ0v) is 22.0. The van der Waals surface area contributed by atoms with Gasteiger partial charge in [-0.1, -0.05) is 37.6 Å². The van der Waals surface area contributed by atoms with Crippen LogP contribution in [-0.4, -0.2) is 57.6 Å². The first-order valence-electron chi connectivity index (χ1n) is 12.1. The molecule has 3 aromatic rings. The van der Waals surface area contributed by atoms with E-state index >= 15 is 0 Å². The van der Waals surface area contributed by atoms with Crippen molar-refractivity contribution >= 4 is 23.3 Å². The van der Waals surface area contributed by atoms with E-state index in [1.807, 2.05) is 20.8 Å². The second-order valence-corrected chi connectivity index (χ2v) is 9.17. The van der Waals surface area contributed by atoms with Crippen LogP contribution >= 0.6 is 11.6 Å². The van der Waals surface area contributed by atoms with Crippen LogP contribution in [0.15, 0.2) is 42.9 Å². The second kappa shape index (κ2) is 13.4. The number of amides is 1. The number of alkyl halides is 3. The number of halogens is 4. The number of nitrogens with one attached hydrogen (secondary N) is 2. The van der Waals surface area contributed by atoms with Crippen molar-refractivity contribution in [3.8, 4) is 23.0 Å². The molecule has 13 heteroatoms. The maximum Gasteiger partial charge on any atom is 0.573 e. The fourth-order valence-electron chi connectivity index (χ4n) is 3.56. The summed E-state index contributed by atoms with van der Waals surface area (Å²) in [4.78, 5) is 25.8. The van der Waals surface area contributed by atoms with Crippen LogP contribution in [0.25, 0.3) is 17.2 Å². The van der Waals surface area contributed by atoms with Crippen molar-refractivity contribution in [2.45, 2.75) is 46.0 Å². The first kappa shape index (κ1) is 29.2. The van der Waals surface area contributed by atoms with E-state index in [1.165, 1.54) is 35.2 Å². The van der Waals surface area contributed by atoms with E-state index in [4.69, 9.17) is 16.3 Å². The number of anilines is 1. The largest absolute Gasteiger partial charge is 0.573 e. The lowest BCUT2D eigenvalue weighted by Crippen LogP contribution is -2.41. The smallest absolute Gasteiger partial charge is 0.406 e. The summed E-state index contributed by atoms with van der Waals surface area (Å²) in [6, 6.07) is 6.42. The quantitative estimate of drug-likeness (QED) is 0.220. The van der Waals surface area contributed by atoms with Crippen LogP contribution in [0.5, 0.6) is 5.75 Å². The maximum atomic E-state index is 12.8. The van der Waals surface area contributed by atoms with Crippen LogP contribution in [0, 0.1) is 5.92 Å². The fourth-order valence-corrected chi connectivity index (χ4v) is 3.74. The minimum absolute atomic E-state index is 0.133. The minimum Gasteiger partial charge on any atom is -0.406 e. The van der Waals surface area contributed by atoms with Gasteiger partial charge in [-0.05, 0) is 37.8 Å². The van der Waals surface area contributed by atoms with Gasteiger partial charge < -0.3 is 20.1 Å². The van der Waals surface area contributed by atoms with Gasteiger partial charge in [0, 0.05) is 37.6 Å². The number of hydrogen-bond donors (Lipinski definition) is 2. The number of imidazole rings is 1. The van der Waals surface area contributed by atoms with Gasteiger partial charge in [0.1, 0.15) is 29.1 Å². The van der Waals surface area contributed by atoms with Crippen LogP contribution in [0.3, 0.4) is 0 Å². The Morgan fingerprint density at radius 3 is 2.71 bits per heavy atom. The average molecular weight is 555 g/mol. The number of carbonyl (C=O) groups excluding carboxylic acids is 1. The minimum atomic E-state index is -4.80. The predicted molar refractivity (Wildman–Crippen MR) is 137 cm³/mol. The van der Waals surface area contributed by atoms with Crippen molar-refractivity contribution < 1.29 is 27.4 Å². The molecule has 0 saturated heterocycles. The molecule has 0 fully saturated rings. The lowest BCUT2D eigenvalue weighted by Gasteiger charge is -2.21. The van der Waals surface area contributed by atoms with Gasteiger partial charge in [0.2, 0.25) is 11.9 Å². The zero-order chi connectivity index (χ0) is 27.7. The molecule has 0 aliphatic heterocycles. The summed E-state index contributed by atoms with van der Waals surface area (Å²) in [5.74, 6) is 0.208. The van der Waals surface area contributed by atoms with E-state index in [-0.39, 0.29) is 28.7 Å². The van der Waals surface area contributed by atoms with Crippen molar-refractivity contribution in [2.75, 3.05) is 25.1 Å². The summed E-state index contributed by atoms with van der Waals surface area (Å²) in [6.07, 6.45) is -0.577. The van der Waals surface area contributed by atoms with E-state index in [9.17, 15) is 18.0 Å². The topological polar surface area (TPSA) is 103 Å². The molecule has 38 heavy (non-hydrogen) atoms. The van der Waals surface area contributed by atoms with E-state index in [1.54, 1.807) is 12.3 Å². The Bertz CT molecular complexity index is 1210. The molecule has 1 aromatic carbocycles. The van der Waals surface area contributed by atoms with E-state index in [0.29, 0.717) is 49.7 Å². The molecule has 2 aromatic heterocycles. The van der Waals surface area contributed by atoms with Gasteiger partial charge in [-0.3, -0.25) is 9.36 Å². The lowest BCUT2D eigenvalue weighted by atomic mass is 10.0.